The van der Waals surface area contributed by atoms with Gasteiger partial charge < -0.3 is 11.1 Å². The summed E-state index contributed by atoms with van der Waals surface area (Å²) < 4.78 is 30.2. The molecule has 0 saturated carbocycles. The Morgan fingerprint density at radius 2 is 1.96 bits per heavy atom. The number of hydrogen-bond acceptors (Lipinski definition) is 4. The molecule has 2 aromatic rings. The number of nitrogens with zero attached hydrogens (tertiary/aromatic N) is 1. The Morgan fingerprint density at radius 1 is 1.29 bits per heavy atom. The molecule has 148 valence electrons. The summed E-state index contributed by atoms with van der Waals surface area (Å²) in [6, 6.07) is 9.59. The molecular weight excluding hydrogens is 360 g/mol. The van der Waals surface area contributed by atoms with E-state index in [0.29, 0.717) is 35.7 Å². The van der Waals surface area contributed by atoms with Gasteiger partial charge in [0.15, 0.2) is 0 Å². The Hall–Kier alpha value is -2.89. The number of halogens is 2. The highest BCUT2D eigenvalue weighted by molar-refractivity contribution is 5.83. The number of hydrogen-bond donors (Lipinski definition) is 2. The van der Waals surface area contributed by atoms with Crippen molar-refractivity contribution in [2.24, 2.45) is 5.18 Å². The van der Waals surface area contributed by atoms with Crippen molar-refractivity contribution in [3.63, 3.8) is 0 Å². The smallest absolute Gasteiger partial charge is 0.281 e. The first kappa shape index (κ1) is 21.4. The van der Waals surface area contributed by atoms with Gasteiger partial charge in [-0.05, 0) is 71.0 Å². The van der Waals surface area contributed by atoms with Crippen LogP contribution in [0.15, 0.2) is 47.7 Å². The number of anilines is 1. The lowest BCUT2D eigenvalue weighted by atomic mass is 9.73. The lowest BCUT2D eigenvalue weighted by Crippen LogP contribution is -2.43. The topological polar surface area (TPSA) is 79.3 Å². The van der Waals surface area contributed by atoms with E-state index in [0.717, 1.165) is 11.8 Å². The van der Waals surface area contributed by atoms with Crippen LogP contribution in [0.3, 0.4) is 0 Å². The second-order valence-electron chi connectivity index (χ2n) is 6.84. The molecule has 0 spiro atoms. The minimum atomic E-state index is -3.50. The Balaban J connectivity index is 2.93. The van der Waals surface area contributed by atoms with Gasteiger partial charge in [-0.3, -0.25) is 0 Å². The van der Waals surface area contributed by atoms with Gasteiger partial charge in [-0.15, -0.1) is 4.91 Å². The first-order valence-electron chi connectivity index (χ1n) is 9.06. The normalized spacial score (nSPS) is 14.4. The van der Waals surface area contributed by atoms with Crippen LogP contribution in [0, 0.1) is 17.2 Å². The highest BCUT2D eigenvalue weighted by atomic mass is 19.3. The van der Waals surface area contributed by atoms with E-state index in [9.17, 15) is 4.91 Å². The van der Waals surface area contributed by atoms with Crippen molar-refractivity contribution in [3.05, 3.63) is 75.2 Å². The fourth-order valence-electron chi connectivity index (χ4n) is 3.66. The Morgan fingerprint density at radius 3 is 2.46 bits per heavy atom. The molecule has 0 heterocycles. The van der Waals surface area contributed by atoms with Gasteiger partial charge in [-0.25, -0.2) is 8.78 Å². The zero-order valence-electron chi connectivity index (χ0n) is 16.5. The average molecular weight is 385 g/mol. The lowest BCUT2D eigenvalue weighted by Gasteiger charge is -2.36. The highest BCUT2D eigenvalue weighted by Gasteiger charge is 2.56. The first-order chi connectivity index (χ1) is 13.2. The maximum atomic E-state index is 15.1. The number of alkyl halides is 2. The van der Waals surface area contributed by atoms with E-state index < -0.39 is 11.5 Å². The van der Waals surface area contributed by atoms with Gasteiger partial charge in [0.1, 0.15) is 0 Å². The summed E-state index contributed by atoms with van der Waals surface area (Å²) >= 11 is 0. The molecule has 4 nitrogen and oxygen atoms in total. The summed E-state index contributed by atoms with van der Waals surface area (Å²) in [5, 5.41) is 10.6. The molecule has 0 aliphatic carbocycles. The van der Waals surface area contributed by atoms with Gasteiger partial charge in [0.25, 0.3) is 5.92 Å². The molecule has 0 aromatic heterocycles. The van der Waals surface area contributed by atoms with Crippen LogP contribution in [0.4, 0.5) is 14.5 Å². The quantitative estimate of drug-likeness (QED) is 0.356. The van der Waals surface area contributed by atoms with Gasteiger partial charge in [-0.2, -0.15) is 0 Å². The summed E-state index contributed by atoms with van der Waals surface area (Å²) in [6.07, 6.45) is 3.09. The van der Waals surface area contributed by atoms with Crippen LogP contribution in [-0.4, -0.2) is 12.1 Å². The van der Waals surface area contributed by atoms with Crippen LogP contribution in [0.5, 0.6) is 0 Å². The zero-order chi connectivity index (χ0) is 21.1. The third kappa shape index (κ3) is 3.35. The third-order valence-corrected chi connectivity index (χ3v) is 5.16. The van der Waals surface area contributed by atoms with Crippen molar-refractivity contribution in [3.8, 4) is 0 Å². The zero-order valence-corrected chi connectivity index (χ0v) is 16.5. The molecule has 1 unspecified atom stereocenters. The van der Waals surface area contributed by atoms with E-state index in [1.807, 2.05) is 6.92 Å². The number of allylic oxidation sites excluding steroid dienone is 1. The third-order valence-electron chi connectivity index (χ3n) is 5.16. The van der Waals surface area contributed by atoms with Gasteiger partial charge in [0.2, 0.25) is 5.54 Å². The van der Waals surface area contributed by atoms with Crippen LogP contribution in [0.25, 0.3) is 5.57 Å². The minimum Gasteiger partial charge on any atom is -0.398 e. The SMILES string of the molecule is C/C=C(\c1cccc(N)c1CC)C(N=O)(c1ccc(C)c(C=N)c1)C(C)(F)F. The predicted octanol–water partition coefficient (Wildman–Crippen LogP) is 5.86. The maximum Gasteiger partial charge on any atom is 0.281 e. The molecule has 0 aliphatic rings. The standard InChI is InChI=1S/C22H25F2N3O/c1-5-17-18(8-7-9-20(17)26)19(6-2)22(27-28,21(4,23)24)16-11-10-14(3)15(12-16)13-25/h6-13,25H,5,26H2,1-4H3/b19-6+,25-13?. The van der Waals surface area contributed by atoms with Crippen molar-refractivity contribution >= 4 is 17.5 Å². The molecule has 3 N–H and O–H groups in total. The molecule has 6 heteroatoms. The molecule has 1 atom stereocenters. The van der Waals surface area contributed by atoms with Gasteiger partial charge in [0, 0.05) is 18.8 Å². The molecule has 0 bridgehead atoms. The fraction of sp³-hybridized carbons (Fsp3) is 0.318. The summed E-state index contributed by atoms with van der Waals surface area (Å²) in [4.78, 5) is 12.2. The van der Waals surface area contributed by atoms with Crippen molar-refractivity contribution < 1.29 is 8.78 Å². The van der Waals surface area contributed by atoms with E-state index >= 15 is 8.78 Å². The van der Waals surface area contributed by atoms with Crippen LogP contribution >= 0.6 is 0 Å². The van der Waals surface area contributed by atoms with Crippen LogP contribution in [0.1, 0.15) is 48.6 Å². The summed E-state index contributed by atoms with van der Waals surface area (Å²) in [5.74, 6) is -3.50. The molecule has 0 aliphatic heterocycles. The Kier molecular flexibility index (Phi) is 6.12. The Bertz CT molecular complexity index is 932. The van der Waals surface area contributed by atoms with E-state index in [4.69, 9.17) is 11.1 Å². The number of rotatable bonds is 7. The fourth-order valence-corrected chi connectivity index (χ4v) is 3.66. The van der Waals surface area contributed by atoms with E-state index in [1.165, 1.54) is 18.2 Å². The summed E-state index contributed by atoms with van der Waals surface area (Å²) in [7, 11) is 0. The van der Waals surface area contributed by atoms with E-state index in [-0.39, 0.29) is 11.1 Å². The monoisotopic (exact) mass is 385 g/mol. The van der Waals surface area contributed by atoms with E-state index in [1.54, 1.807) is 38.1 Å². The highest BCUT2D eigenvalue weighted by Crippen LogP contribution is 2.51. The number of benzene rings is 2. The van der Waals surface area contributed by atoms with Crippen LogP contribution in [0.2, 0.25) is 0 Å². The average Bonchev–Trinajstić information content (AvgIpc) is 2.65. The van der Waals surface area contributed by atoms with Gasteiger partial charge in [-0.1, -0.05) is 37.3 Å². The number of nitrogens with two attached hydrogens (primary N) is 1. The van der Waals surface area contributed by atoms with Crippen molar-refractivity contribution in [1.29, 1.82) is 5.41 Å². The van der Waals surface area contributed by atoms with E-state index in [2.05, 4.69) is 5.18 Å². The van der Waals surface area contributed by atoms with Crippen molar-refractivity contribution in [2.45, 2.75) is 45.6 Å². The van der Waals surface area contributed by atoms with Crippen molar-refractivity contribution in [1.82, 2.24) is 0 Å². The molecule has 0 fully saturated rings. The maximum absolute atomic E-state index is 15.1. The molecular formula is C22H25F2N3O. The second kappa shape index (κ2) is 8.00. The van der Waals surface area contributed by atoms with Crippen LogP contribution in [-0.2, 0) is 12.0 Å². The molecule has 2 aromatic carbocycles. The minimum absolute atomic E-state index is 0.0386. The van der Waals surface area contributed by atoms with Crippen LogP contribution < -0.4 is 5.73 Å². The number of nitroso groups, excluding NO2 is 1. The summed E-state index contributed by atoms with van der Waals surface area (Å²) in [5.41, 5.74) is 6.59. The Labute approximate surface area is 163 Å². The second-order valence-corrected chi connectivity index (χ2v) is 6.84. The molecule has 28 heavy (non-hydrogen) atoms. The van der Waals surface area contributed by atoms with Crippen molar-refractivity contribution in [2.75, 3.05) is 5.73 Å². The summed E-state index contributed by atoms with van der Waals surface area (Å²) in [6.45, 7) is 5.95. The molecule has 0 radical (unpaired) electrons. The number of nitrogens with one attached hydrogen (secondary N) is 1. The number of aryl methyl sites for hydroxylation is 1. The molecule has 0 amide bonds. The van der Waals surface area contributed by atoms with Gasteiger partial charge in [0.05, 0.1) is 0 Å². The molecule has 0 saturated heterocycles. The first-order valence-corrected chi connectivity index (χ1v) is 9.06. The molecule has 2 rings (SSSR count). The van der Waals surface area contributed by atoms with Gasteiger partial charge >= 0.3 is 0 Å². The lowest BCUT2D eigenvalue weighted by molar-refractivity contribution is -0.0344. The largest absolute Gasteiger partial charge is 0.398 e. The number of nitrogen functional groups attached to an aromatic ring is 1. The predicted molar refractivity (Wildman–Crippen MR) is 111 cm³/mol.